The van der Waals surface area contributed by atoms with E-state index in [2.05, 4.69) is 9.97 Å². The van der Waals surface area contributed by atoms with E-state index in [0.717, 1.165) is 34.8 Å². The quantitative estimate of drug-likeness (QED) is 0.721. The predicted octanol–water partition coefficient (Wildman–Crippen LogP) is 3.74. The van der Waals surface area contributed by atoms with Gasteiger partial charge in [0, 0.05) is 11.3 Å². The molecule has 1 aliphatic rings. The van der Waals surface area contributed by atoms with Gasteiger partial charge in [-0.3, -0.25) is 0 Å². The molecule has 16 heavy (non-hydrogen) atoms. The van der Waals surface area contributed by atoms with Crippen LogP contribution in [0.3, 0.4) is 0 Å². The summed E-state index contributed by atoms with van der Waals surface area (Å²) >= 11 is 7.87. The first-order valence-corrected chi connectivity index (χ1v) is 6.69. The molecule has 0 aromatic carbocycles. The highest BCUT2D eigenvalue weighted by molar-refractivity contribution is 7.13. The molecule has 0 bridgehead atoms. The molecule has 0 radical (unpaired) electrons. The third-order valence-electron chi connectivity index (χ3n) is 2.87. The fraction of sp³-hybridized carbons (Fsp3) is 0.333. The molecule has 0 saturated carbocycles. The third-order valence-corrected chi connectivity index (χ3v) is 4.05. The molecule has 2 heterocycles. The van der Waals surface area contributed by atoms with Crippen molar-refractivity contribution >= 4 is 22.9 Å². The van der Waals surface area contributed by atoms with Gasteiger partial charge in [-0.05, 0) is 37.1 Å². The summed E-state index contributed by atoms with van der Waals surface area (Å²) < 4.78 is 0. The van der Waals surface area contributed by atoms with Crippen molar-refractivity contribution in [2.24, 2.45) is 0 Å². The Kier molecular flexibility index (Phi) is 2.65. The maximum atomic E-state index is 6.22. The summed E-state index contributed by atoms with van der Waals surface area (Å²) in [7, 11) is 0. The lowest BCUT2D eigenvalue weighted by molar-refractivity contribution is 0.664. The van der Waals surface area contributed by atoms with Gasteiger partial charge in [-0.1, -0.05) is 17.7 Å². The molecule has 0 unspecified atom stereocenters. The van der Waals surface area contributed by atoms with Crippen LogP contribution in [0, 0.1) is 0 Å². The van der Waals surface area contributed by atoms with Gasteiger partial charge in [0.15, 0.2) is 5.82 Å². The number of halogens is 1. The van der Waals surface area contributed by atoms with Gasteiger partial charge < -0.3 is 0 Å². The number of aryl methyl sites for hydroxylation is 1. The summed E-state index contributed by atoms with van der Waals surface area (Å²) in [6, 6.07) is 4.04. The summed E-state index contributed by atoms with van der Waals surface area (Å²) in [5.41, 5.74) is 2.31. The second-order valence-electron chi connectivity index (χ2n) is 3.95. The summed E-state index contributed by atoms with van der Waals surface area (Å²) in [5, 5.41) is 2.68. The minimum Gasteiger partial charge on any atom is -0.232 e. The van der Waals surface area contributed by atoms with Crippen molar-refractivity contribution in [2.45, 2.75) is 25.7 Å². The van der Waals surface area contributed by atoms with Crippen molar-refractivity contribution in [1.29, 1.82) is 0 Å². The Labute approximate surface area is 103 Å². The maximum Gasteiger partial charge on any atom is 0.171 e. The lowest BCUT2D eigenvalue weighted by Gasteiger charge is -2.15. The molecule has 82 valence electrons. The molecule has 0 fully saturated rings. The topological polar surface area (TPSA) is 25.8 Å². The van der Waals surface area contributed by atoms with Crippen LogP contribution in [0.4, 0.5) is 0 Å². The average Bonchev–Trinajstić information content (AvgIpc) is 2.82. The molecule has 2 aromatic rings. The lowest BCUT2D eigenvalue weighted by Crippen LogP contribution is -2.08. The van der Waals surface area contributed by atoms with E-state index in [1.165, 1.54) is 12.8 Å². The first-order valence-electron chi connectivity index (χ1n) is 5.44. The predicted molar refractivity (Wildman–Crippen MR) is 67.0 cm³/mol. The number of hydrogen-bond donors (Lipinski definition) is 0. The normalized spacial score (nSPS) is 14.8. The minimum absolute atomic E-state index is 0.646. The Hall–Kier alpha value is -0.930. The van der Waals surface area contributed by atoms with Gasteiger partial charge in [0.05, 0.1) is 4.88 Å². The molecular formula is C12H11ClN2S. The fourth-order valence-electron chi connectivity index (χ4n) is 2.06. The van der Waals surface area contributed by atoms with E-state index in [1.807, 2.05) is 17.5 Å². The van der Waals surface area contributed by atoms with Crippen molar-refractivity contribution in [1.82, 2.24) is 9.97 Å². The SMILES string of the molecule is Clc1nc(-c2cccs2)nc2c1CCCC2. The van der Waals surface area contributed by atoms with Crippen molar-refractivity contribution in [3.8, 4) is 10.7 Å². The lowest BCUT2D eigenvalue weighted by atomic mass is 9.97. The zero-order valence-electron chi connectivity index (χ0n) is 8.74. The van der Waals surface area contributed by atoms with E-state index in [4.69, 9.17) is 11.6 Å². The molecule has 0 saturated heterocycles. The van der Waals surface area contributed by atoms with Crippen molar-refractivity contribution < 1.29 is 0 Å². The van der Waals surface area contributed by atoms with Gasteiger partial charge in [0.25, 0.3) is 0 Å². The van der Waals surface area contributed by atoms with E-state index in [1.54, 1.807) is 11.3 Å². The van der Waals surface area contributed by atoms with Crippen LogP contribution < -0.4 is 0 Å². The van der Waals surface area contributed by atoms with Crippen LogP contribution in [0.15, 0.2) is 17.5 Å². The zero-order chi connectivity index (χ0) is 11.0. The molecule has 2 nitrogen and oxygen atoms in total. The molecule has 0 aliphatic heterocycles. The van der Waals surface area contributed by atoms with Crippen molar-refractivity contribution in [2.75, 3.05) is 0 Å². The molecule has 1 aliphatic carbocycles. The van der Waals surface area contributed by atoms with Crippen LogP contribution in [0.2, 0.25) is 5.15 Å². The molecule has 4 heteroatoms. The van der Waals surface area contributed by atoms with E-state index < -0.39 is 0 Å². The van der Waals surface area contributed by atoms with E-state index >= 15 is 0 Å². The van der Waals surface area contributed by atoms with E-state index in [9.17, 15) is 0 Å². The fourth-order valence-corrected chi connectivity index (χ4v) is 3.01. The van der Waals surface area contributed by atoms with Crippen LogP contribution in [0.5, 0.6) is 0 Å². The number of fused-ring (bicyclic) bond motifs is 1. The molecule has 0 atom stereocenters. The Morgan fingerprint density at radius 3 is 2.88 bits per heavy atom. The van der Waals surface area contributed by atoms with Gasteiger partial charge >= 0.3 is 0 Å². The van der Waals surface area contributed by atoms with Gasteiger partial charge in [0.1, 0.15) is 5.15 Å². The molecule has 0 amide bonds. The summed E-state index contributed by atoms with van der Waals surface area (Å²) in [5.74, 6) is 0.778. The molecule has 0 N–H and O–H groups in total. The molecule has 2 aromatic heterocycles. The monoisotopic (exact) mass is 250 g/mol. The smallest absolute Gasteiger partial charge is 0.171 e. The Morgan fingerprint density at radius 2 is 2.06 bits per heavy atom. The van der Waals surface area contributed by atoms with E-state index in [0.29, 0.717) is 5.15 Å². The summed E-state index contributed by atoms with van der Waals surface area (Å²) in [4.78, 5) is 10.1. The number of rotatable bonds is 1. The van der Waals surface area contributed by atoms with Crippen molar-refractivity contribution in [3.05, 3.63) is 33.9 Å². The first kappa shape index (κ1) is 10.2. The van der Waals surface area contributed by atoms with Crippen LogP contribution in [0.25, 0.3) is 10.7 Å². The molecule has 3 rings (SSSR count). The van der Waals surface area contributed by atoms with Gasteiger partial charge in [-0.2, -0.15) is 0 Å². The third kappa shape index (κ3) is 1.74. The summed E-state index contributed by atoms with van der Waals surface area (Å²) in [6.07, 6.45) is 4.48. The standard InChI is InChI=1S/C12H11ClN2S/c13-11-8-4-1-2-5-9(8)14-12(15-11)10-6-3-7-16-10/h3,6-7H,1-2,4-5H2. The minimum atomic E-state index is 0.646. The Morgan fingerprint density at radius 1 is 1.19 bits per heavy atom. The van der Waals surface area contributed by atoms with E-state index in [-0.39, 0.29) is 0 Å². The van der Waals surface area contributed by atoms with Crippen LogP contribution in [-0.2, 0) is 12.8 Å². The second-order valence-corrected chi connectivity index (χ2v) is 5.25. The van der Waals surface area contributed by atoms with Gasteiger partial charge in [-0.25, -0.2) is 9.97 Å². The first-order chi connectivity index (χ1) is 7.84. The largest absolute Gasteiger partial charge is 0.232 e. The van der Waals surface area contributed by atoms with Crippen LogP contribution >= 0.6 is 22.9 Å². The number of aromatic nitrogens is 2. The number of thiophene rings is 1. The maximum absolute atomic E-state index is 6.22. The molecule has 0 spiro atoms. The van der Waals surface area contributed by atoms with Crippen molar-refractivity contribution in [3.63, 3.8) is 0 Å². The summed E-state index contributed by atoms with van der Waals surface area (Å²) in [6.45, 7) is 0. The highest BCUT2D eigenvalue weighted by atomic mass is 35.5. The Bertz CT molecular complexity index is 508. The van der Waals surface area contributed by atoms with Crippen LogP contribution in [0.1, 0.15) is 24.1 Å². The average molecular weight is 251 g/mol. The second kappa shape index (κ2) is 4.15. The van der Waals surface area contributed by atoms with Crippen LogP contribution in [-0.4, -0.2) is 9.97 Å². The van der Waals surface area contributed by atoms with Gasteiger partial charge in [-0.15, -0.1) is 11.3 Å². The Balaban J connectivity index is 2.12. The zero-order valence-corrected chi connectivity index (χ0v) is 10.3. The van der Waals surface area contributed by atoms with Gasteiger partial charge in [0.2, 0.25) is 0 Å². The number of hydrogen-bond acceptors (Lipinski definition) is 3. The number of nitrogens with zero attached hydrogens (tertiary/aromatic N) is 2. The highest BCUT2D eigenvalue weighted by Crippen LogP contribution is 2.29. The molecular weight excluding hydrogens is 240 g/mol. The highest BCUT2D eigenvalue weighted by Gasteiger charge is 2.17.